The van der Waals surface area contributed by atoms with Crippen LogP contribution in [0, 0.1) is 5.41 Å². The molecule has 102 valence electrons. The molecule has 2 heterocycles. The first-order chi connectivity index (χ1) is 9.19. The van der Waals surface area contributed by atoms with Crippen molar-refractivity contribution in [2.45, 2.75) is 38.5 Å². The van der Waals surface area contributed by atoms with E-state index in [4.69, 9.17) is 11.6 Å². The molecule has 1 aromatic rings. The smallest absolute Gasteiger partial charge is 0.272 e. The number of piperidine rings is 1. The van der Waals surface area contributed by atoms with Gasteiger partial charge in [0, 0.05) is 13.1 Å². The molecule has 1 aliphatic carbocycles. The minimum atomic E-state index is 0.0235. The van der Waals surface area contributed by atoms with Gasteiger partial charge in [0.25, 0.3) is 5.91 Å². The van der Waals surface area contributed by atoms with Crippen LogP contribution >= 0.6 is 11.6 Å². The third-order valence-corrected chi connectivity index (χ3v) is 4.92. The summed E-state index contributed by atoms with van der Waals surface area (Å²) < 4.78 is 0. The van der Waals surface area contributed by atoms with Crippen molar-refractivity contribution in [2.24, 2.45) is 5.41 Å². The van der Waals surface area contributed by atoms with Crippen LogP contribution in [-0.4, -0.2) is 28.9 Å². The van der Waals surface area contributed by atoms with E-state index in [1.54, 1.807) is 18.2 Å². The summed E-state index contributed by atoms with van der Waals surface area (Å²) in [7, 11) is 0. The van der Waals surface area contributed by atoms with Crippen LogP contribution in [0.15, 0.2) is 18.2 Å². The summed E-state index contributed by atoms with van der Waals surface area (Å²) in [6, 6.07) is 5.22. The SMILES string of the molecule is O=C(c1cccc(Cl)n1)N1CCC2(CCCC2)CC1. The van der Waals surface area contributed by atoms with Crippen LogP contribution in [0.4, 0.5) is 0 Å². The van der Waals surface area contributed by atoms with Gasteiger partial charge >= 0.3 is 0 Å². The lowest BCUT2D eigenvalue weighted by Gasteiger charge is -2.39. The Kier molecular flexibility index (Phi) is 3.48. The third-order valence-electron chi connectivity index (χ3n) is 4.71. The van der Waals surface area contributed by atoms with Crippen molar-refractivity contribution in [3.8, 4) is 0 Å². The van der Waals surface area contributed by atoms with Crippen molar-refractivity contribution in [1.29, 1.82) is 0 Å². The highest BCUT2D eigenvalue weighted by molar-refractivity contribution is 6.29. The summed E-state index contributed by atoms with van der Waals surface area (Å²) in [5, 5.41) is 0.384. The summed E-state index contributed by atoms with van der Waals surface area (Å²) in [5.41, 5.74) is 1.01. The standard InChI is InChI=1S/C15H19ClN2O/c16-13-5-3-4-12(17-13)14(19)18-10-8-15(9-11-18)6-1-2-7-15/h3-5H,1-2,6-11H2. The van der Waals surface area contributed by atoms with E-state index in [0.29, 0.717) is 16.3 Å². The number of likely N-dealkylation sites (tertiary alicyclic amines) is 1. The zero-order valence-corrected chi connectivity index (χ0v) is 11.8. The Morgan fingerprint density at radius 1 is 1.16 bits per heavy atom. The highest BCUT2D eigenvalue weighted by Crippen LogP contribution is 2.46. The second kappa shape index (κ2) is 5.12. The molecular formula is C15H19ClN2O. The Bertz CT molecular complexity index is 473. The third kappa shape index (κ3) is 2.62. The first-order valence-electron chi connectivity index (χ1n) is 7.10. The number of pyridine rings is 1. The lowest BCUT2D eigenvalue weighted by molar-refractivity contribution is 0.0582. The fourth-order valence-corrected chi connectivity index (χ4v) is 3.66. The Morgan fingerprint density at radius 3 is 2.47 bits per heavy atom. The zero-order valence-electron chi connectivity index (χ0n) is 11.1. The van der Waals surface area contributed by atoms with Crippen LogP contribution in [0.5, 0.6) is 0 Å². The molecule has 1 amide bonds. The molecule has 2 fully saturated rings. The molecule has 4 heteroatoms. The van der Waals surface area contributed by atoms with E-state index in [0.717, 1.165) is 25.9 Å². The van der Waals surface area contributed by atoms with Crippen molar-refractivity contribution in [3.05, 3.63) is 29.0 Å². The molecule has 0 bridgehead atoms. The van der Waals surface area contributed by atoms with Crippen molar-refractivity contribution in [2.75, 3.05) is 13.1 Å². The summed E-state index contributed by atoms with van der Waals surface area (Å²) >= 11 is 5.84. The van der Waals surface area contributed by atoms with Crippen molar-refractivity contribution >= 4 is 17.5 Å². The summed E-state index contributed by atoms with van der Waals surface area (Å²) in [5.74, 6) is 0.0235. The molecule has 0 unspecified atom stereocenters. The van der Waals surface area contributed by atoms with Gasteiger partial charge in [-0.3, -0.25) is 4.79 Å². The molecule has 0 N–H and O–H groups in total. The molecule has 0 atom stereocenters. The molecule has 0 radical (unpaired) electrons. The number of aromatic nitrogens is 1. The van der Waals surface area contributed by atoms with Gasteiger partial charge in [0.1, 0.15) is 10.8 Å². The van der Waals surface area contributed by atoms with E-state index in [1.165, 1.54) is 25.7 Å². The number of rotatable bonds is 1. The first-order valence-corrected chi connectivity index (χ1v) is 7.48. The number of carbonyl (C=O) groups is 1. The summed E-state index contributed by atoms with van der Waals surface area (Å²) in [6.45, 7) is 1.74. The molecule has 3 rings (SSSR count). The van der Waals surface area contributed by atoms with Crippen LogP contribution in [0.1, 0.15) is 49.0 Å². The van der Waals surface area contributed by atoms with E-state index in [-0.39, 0.29) is 5.91 Å². The van der Waals surface area contributed by atoms with E-state index < -0.39 is 0 Å². The number of amides is 1. The number of hydrogen-bond donors (Lipinski definition) is 0. The van der Waals surface area contributed by atoms with Gasteiger partial charge in [-0.1, -0.05) is 30.5 Å². The fourth-order valence-electron chi connectivity index (χ4n) is 3.50. The van der Waals surface area contributed by atoms with Gasteiger partial charge in [-0.15, -0.1) is 0 Å². The monoisotopic (exact) mass is 278 g/mol. The largest absolute Gasteiger partial charge is 0.337 e. The Labute approximate surface area is 119 Å². The number of nitrogens with zero attached hydrogens (tertiary/aromatic N) is 2. The van der Waals surface area contributed by atoms with Crippen molar-refractivity contribution < 1.29 is 4.79 Å². The molecule has 1 saturated heterocycles. The molecule has 1 aromatic heterocycles. The summed E-state index contributed by atoms with van der Waals surface area (Å²) in [4.78, 5) is 18.4. The van der Waals surface area contributed by atoms with Crippen LogP contribution < -0.4 is 0 Å². The Morgan fingerprint density at radius 2 is 1.84 bits per heavy atom. The Balaban J connectivity index is 1.66. The minimum absolute atomic E-state index is 0.0235. The van der Waals surface area contributed by atoms with Gasteiger partial charge in [0.05, 0.1) is 0 Å². The number of carbonyl (C=O) groups excluding carboxylic acids is 1. The van der Waals surface area contributed by atoms with Crippen LogP contribution in [0.2, 0.25) is 5.15 Å². The first kappa shape index (κ1) is 12.9. The predicted octanol–water partition coefficient (Wildman–Crippen LogP) is 3.53. The van der Waals surface area contributed by atoms with E-state index >= 15 is 0 Å². The molecular weight excluding hydrogens is 260 g/mol. The lowest BCUT2D eigenvalue weighted by atomic mass is 9.77. The molecule has 1 aliphatic heterocycles. The van der Waals surface area contributed by atoms with Gasteiger partial charge in [-0.05, 0) is 43.2 Å². The normalized spacial score (nSPS) is 21.8. The van der Waals surface area contributed by atoms with Gasteiger partial charge in [0.2, 0.25) is 0 Å². The molecule has 2 aliphatic rings. The highest BCUT2D eigenvalue weighted by Gasteiger charge is 2.38. The average molecular weight is 279 g/mol. The van der Waals surface area contributed by atoms with E-state index in [9.17, 15) is 4.79 Å². The van der Waals surface area contributed by atoms with Crippen molar-refractivity contribution in [3.63, 3.8) is 0 Å². The fraction of sp³-hybridized carbons (Fsp3) is 0.600. The second-order valence-corrected chi connectivity index (χ2v) is 6.23. The maximum Gasteiger partial charge on any atom is 0.272 e. The molecule has 0 aromatic carbocycles. The van der Waals surface area contributed by atoms with Gasteiger partial charge in [-0.2, -0.15) is 0 Å². The maximum atomic E-state index is 12.4. The van der Waals surface area contributed by atoms with Crippen LogP contribution in [0.25, 0.3) is 0 Å². The van der Waals surface area contributed by atoms with Gasteiger partial charge in [-0.25, -0.2) is 4.98 Å². The average Bonchev–Trinajstić information content (AvgIpc) is 2.87. The van der Waals surface area contributed by atoms with Crippen molar-refractivity contribution in [1.82, 2.24) is 9.88 Å². The molecule has 1 spiro atoms. The number of halogens is 1. The van der Waals surface area contributed by atoms with E-state index in [2.05, 4.69) is 4.98 Å². The maximum absolute atomic E-state index is 12.4. The second-order valence-electron chi connectivity index (χ2n) is 5.84. The Hall–Kier alpha value is -1.09. The molecule has 3 nitrogen and oxygen atoms in total. The minimum Gasteiger partial charge on any atom is -0.337 e. The summed E-state index contributed by atoms with van der Waals surface area (Å²) in [6.07, 6.45) is 7.74. The quantitative estimate of drug-likeness (QED) is 0.736. The van der Waals surface area contributed by atoms with Crippen LogP contribution in [0.3, 0.4) is 0 Å². The molecule has 1 saturated carbocycles. The highest BCUT2D eigenvalue weighted by atomic mass is 35.5. The lowest BCUT2D eigenvalue weighted by Crippen LogP contribution is -2.42. The predicted molar refractivity (Wildman–Crippen MR) is 75.3 cm³/mol. The zero-order chi connectivity index (χ0) is 13.3. The van der Waals surface area contributed by atoms with Gasteiger partial charge in [0.15, 0.2) is 0 Å². The topological polar surface area (TPSA) is 33.2 Å². The van der Waals surface area contributed by atoms with Crippen LogP contribution in [-0.2, 0) is 0 Å². The molecule has 19 heavy (non-hydrogen) atoms. The van der Waals surface area contributed by atoms with E-state index in [1.807, 2.05) is 4.90 Å². The number of hydrogen-bond acceptors (Lipinski definition) is 2. The van der Waals surface area contributed by atoms with Gasteiger partial charge < -0.3 is 4.90 Å².